The van der Waals surface area contributed by atoms with Gasteiger partial charge in [-0.15, -0.1) is 0 Å². The van der Waals surface area contributed by atoms with Gasteiger partial charge < -0.3 is 27.5 Å². The minimum absolute atomic E-state index is 0. The van der Waals surface area contributed by atoms with Gasteiger partial charge in [0.25, 0.3) is 0 Å². The molecule has 8 N–H and O–H groups in total. The van der Waals surface area contributed by atoms with Crippen LogP contribution < -0.4 is 22.5 Å². The summed E-state index contributed by atoms with van der Waals surface area (Å²) in [5, 5.41) is 3.03. The van der Waals surface area contributed by atoms with E-state index in [-0.39, 0.29) is 38.6 Å². The third kappa shape index (κ3) is 5.91. The number of aromatic nitrogens is 4. The summed E-state index contributed by atoms with van der Waals surface area (Å²) in [6, 6.07) is 0. The minimum atomic E-state index is 0. The van der Waals surface area contributed by atoms with Crippen molar-refractivity contribution in [2.24, 2.45) is 11.5 Å². The molecule has 0 atom stereocenters. The molecule has 1 radical (unpaired) electrons. The van der Waals surface area contributed by atoms with Crippen molar-refractivity contribution in [1.82, 2.24) is 25.3 Å². The van der Waals surface area contributed by atoms with Crippen LogP contribution in [0.25, 0.3) is 11.2 Å². The second-order valence-corrected chi connectivity index (χ2v) is 3.19. The van der Waals surface area contributed by atoms with Gasteiger partial charge >= 0.3 is 0 Å². The number of hydrogen-bond acceptors (Lipinski definition) is 7. The average molecular weight is 397 g/mol. The first kappa shape index (κ1) is 17.5. The van der Waals surface area contributed by atoms with Crippen molar-refractivity contribution in [2.75, 3.05) is 31.9 Å². The summed E-state index contributed by atoms with van der Waals surface area (Å²) >= 11 is 0. The van der Waals surface area contributed by atoms with E-state index >= 15 is 0 Å². The Labute approximate surface area is 136 Å². The quantitative estimate of drug-likeness (QED) is 0.392. The van der Waals surface area contributed by atoms with E-state index in [4.69, 9.17) is 17.2 Å². The van der Waals surface area contributed by atoms with Crippen molar-refractivity contribution in [3.05, 3.63) is 12.7 Å². The molecule has 0 aliphatic rings. The van der Waals surface area contributed by atoms with Crippen LogP contribution >= 0.6 is 0 Å². The van der Waals surface area contributed by atoms with Gasteiger partial charge in [-0.1, -0.05) is 0 Å². The molecule has 0 unspecified atom stereocenters. The molecule has 0 spiro atoms. The molecule has 2 heterocycles. The summed E-state index contributed by atoms with van der Waals surface area (Å²) in [5.74, 6) is 0.433. The summed E-state index contributed by atoms with van der Waals surface area (Å²) in [6.45, 7) is 3.13. The van der Waals surface area contributed by atoms with Crippen molar-refractivity contribution in [3.8, 4) is 0 Å². The fraction of sp³-hybridized carbons (Fsp3) is 0.444. The van der Waals surface area contributed by atoms with E-state index in [1.54, 1.807) is 0 Å². The van der Waals surface area contributed by atoms with Gasteiger partial charge in [-0.2, -0.15) is 0 Å². The van der Waals surface area contributed by atoms with E-state index in [0.29, 0.717) is 30.1 Å². The monoisotopic (exact) mass is 397 g/mol. The predicted octanol–water partition coefficient (Wildman–Crippen LogP) is -1.57. The fourth-order valence-corrected chi connectivity index (χ4v) is 1.11. The summed E-state index contributed by atoms with van der Waals surface area (Å²) < 4.78 is 0. The molecule has 0 bridgehead atoms. The number of hydrogen-bond donors (Lipinski definition) is 5. The summed E-state index contributed by atoms with van der Waals surface area (Å²) in [6.07, 6.45) is 2.92. The fourth-order valence-electron chi connectivity index (χ4n) is 1.11. The van der Waals surface area contributed by atoms with Crippen LogP contribution in [0.1, 0.15) is 0 Å². The molecule has 0 aliphatic heterocycles. The second-order valence-electron chi connectivity index (χ2n) is 3.19. The van der Waals surface area contributed by atoms with E-state index in [1.807, 2.05) is 0 Å². The molecule has 0 aromatic carbocycles. The Hall–Kier alpha value is -0.484. The van der Waals surface area contributed by atoms with Crippen LogP contribution in [-0.2, 0) is 0 Å². The molecule has 2 aromatic rings. The molecular weight excluding hydrogens is 379 g/mol. The first-order chi connectivity index (χ1) is 8.29. The molecule has 18 heavy (non-hydrogen) atoms. The van der Waals surface area contributed by atoms with Crippen molar-refractivity contribution < 1.29 is 38.6 Å². The normalized spacial score (nSPS) is 9.44. The van der Waals surface area contributed by atoms with E-state index in [9.17, 15) is 0 Å². The summed E-state index contributed by atoms with van der Waals surface area (Å²) in [7, 11) is 0. The Morgan fingerprint density at radius 2 is 1.78 bits per heavy atom. The van der Waals surface area contributed by atoms with Gasteiger partial charge in [-0.3, -0.25) is 0 Å². The van der Waals surface area contributed by atoms with Crippen molar-refractivity contribution >= 4 is 17.0 Å². The van der Waals surface area contributed by atoms with E-state index in [1.165, 1.54) is 12.7 Å². The first-order valence-corrected chi connectivity index (χ1v) is 5.30. The Morgan fingerprint density at radius 3 is 2.33 bits per heavy atom. The van der Waals surface area contributed by atoms with Crippen LogP contribution in [0.2, 0.25) is 0 Å². The Balaban J connectivity index is 0.000000326. The number of imidazole rings is 1. The van der Waals surface area contributed by atoms with Crippen LogP contribution in [-0.4, -0.2) is 46.1 Å². The van der Waals surface area contributed by atoms with Crippen LogP contribution in [0.4, 0.5) is 5.82 Å². The number of anilines is 1. The van der Waals surface area contributed by atoms with Gasteiger partial charge in [0.15, 0.2) is 11.5 Å². The zero-order chi connectivity index (χ0) is 12.5. The standard InChI is InChI=1S/C5H5N5.C4H13N3.Tb/c6-4-3-5(9-1-7-3)10-2-8-4;5-1-3-7-4-2-6;/h1-2H,(H3,6,7,8,9,10);7H,1-6H2;. The van der Waals surface area contributed by atoms with E-state index in [0.717, 1.165) is 13.1 Å². The van der Waals surface area contributed by atoms with Crippen molar-refractivity contribution in [3.63, 3.8) is 0 Å². The van der Waals surface area contributed by atoms with Crippen LogP contribution in [0, 0.1) is 38.6 Å². The molecule has 8 nitrogen and oxygen atoms in total. The van der Waals surface area contributed by atoms with Crippen LogP contribution in [0.5, 0.6) is 0 Å². The molecule has 0 saturated heterocycles. The molecule has 103 valence electrons. The molecule has 2 aromatic heterocycles. The van der Waals surface area contributed by atoms with E-state index < -0.39 is 0 Å². The molecule has 0 fully saturated rings. The molecule has 9 heteroatoms. The van der Waals surface area contributed by atoms with Crippen LogP contribution in [0.15, 0.2) is 12.7 Å². The molecule has 0 aliphatic carbocycles. The zero-order valence-electron chi connectivity index (χ0n) is 9.89. The number of H-pyrrole nitrogens is 1. The number of nitrogens with zero attached hydrogens (tertiary/aromatic N) is 3. The Morgan fingerprint density at radius 1 is 1.11 bits per heavy atom. The number of nitrogen functional groups attached to an aromatic ring is 1. The molecular formula is C9H18N8Tb. The number of aromatic amines is 1. The average Bonchev–Trinajstić information content (AvgIpc) is 2.80. The van der Waals surface area contributed by atoms with Crippen molar-refractivity contribution in [2.45, 2.75) is 0 Å². The molecule has 2 rings (SSSR count). The number of rotatable bonds is 4. The first-order valence-electron chi connectivity index (χ1n) is 5.30. The predicted molar refractivity (Wildman–Crippen MR) is 67.1 cm³/mol. The number of nitrogens with two attached hydrogens (primary N) is 3. The number of fused-ring (bicyclic) bond motifs is 1. The minimum Gasteiger partial charge on any atom is -0.382 e. The van der Waals surface area contributed by atoms with Crippen molar-refractivity contribution in [1.29, 1.82) is 0 Å². The molecule has 0 amide bonds. The van der Waals surface area contributed by atoms with Gasteiger partial charge in [-0.05, 0) is 0 Å². The van der Waals surface area contributed by atoms with E-state index in [2.05, 4.69) is 25.3 Å². The summed E-state index contributed by atoms with van der Waals surface area (Å²) in [4.78, 5) is 14.4. The zero-order valence-corrected chi connectivity index (χ0v) is 12.0. The Bertz CT molecular complexity index is 427. The SMILES string of the molecule is NCCNCCN.Nc1ncnc2nc[nH]c12.[Tb]. The Kier molecular flexibility index (Phi) is 10.2. The third-order valence-electron chi connectivity index (χ3n) is 1.89. The third-order valence-corrected chi connectivity index (χ3v) is 1.89. The largest absolute Gasteiger partial charge is 0.382 e. The van der Waals surface area contributed by atoms with Gasteiger partial charge in [0.1, 0.15) is 11.8 Å². The smallest absolute Gasteiger partial charge is 0.182 e. The topological polar surface area (TPSA) is 145 Å². The van der Waals surface area contributed by atoms with Gasteiger partial charge in [0, 0.05) is 64.8 Å². The second kappa shape index (κ2) is 10.4. The maximum atomic E-state index is 5.48. The van der Waals surface area contributed by atoms with Crippen LogP contribution in [0.3, 0.4) is 0 Å². The van der Waals surface area contributed by atoms with Gasteiger partial charge in [0.05, 0.1) is 6.33 Å². The number of nitrogens with one attached hydrogen (secondary N) is 2. The maximum absolute atomic E-state index is 5.48. The maximum Gasteiger partial charge on any atom is 0.182 e. The van der Waals surface area contributed by atoms with Gasteiger partial charge in [-0.25, -0.2) is 15.0 Å². The molecule has 0 saturated carbocycles. The van der Waals surface area contributed by atoms with Gasteiger partial charge in [0.2, 0.25) is 0 Å². The summed E-state index contributed by atoms with van der Waals surface area (Å²) in [5.41, 5.74) is 17.1.